The van der Waals surface area contributed by atoms with Crippen molar-refractivity contribution in [2.24, 2.45) is 5.90 Å². The summed E-state index contributed by atoms with van der Waals surface area (Å²) >= 11 is 0. The summed E-state index contributed by atoms with van der Waals surface area (Å²) in [5.74, 6) is 1.61. The van der Waals surface area contributed by atoms with Gasteiger partial charge in [0.05, 0.1) is 45.2 Å². The number of carbonyl (C=O) groups is 5. The van der Waals surface area contributed by atoms with Gasteiger partial charge in [-0.3, -0.25) is 19.2 Å². The molecule has 2 rings (SSSR count). The van der Waals surface area contributed by atoms with Crippen LogP contribution in [-0.2, 0) is 59.0 Å². The van der Waals surface area contributed by atoms with Crippen molar-refractivity contribution in [2.75, 3.05) is 72.6 Å². The number of unbranched alkanes of at least 4 members (excludes halogenated alkanes) is 2. The number of aliphatic hydroxyl groups excluding tert-OH is 3. The second-order valence-corrected chi connectivity index (χ2v) is 13.5. The fourth-order valence-electron chi connectivity index (χ4n) is 5.58. The van der Waals surface area contributed by atoms with Crippen molar-refractivity contribution in [1.29, 1.82) is 0 Å². The molecule has 1 aromatic carbocycles. The zero-order chi connectivity index (χ0) is 43.4. The van der Waals surface area contributed by atoms with E-state index in [1.807, 2.05) is 6.92 Å². The molecule has 1 aliphatic rings. The van der Waals surface area contributed by atoms with Gasteiger partial charge in [-0.15, -0.1) is 0 Å². The monoisotopic (exact) mass is 846 g/mol. The average molecular weight is 847 g/mol. The second kappa shape index (κ2) is 30.1. The summed E-state index contributed by atoms with van der Waals surface area (Å²) in [6, 6.07) is 4.07. The molecule has 1 fully saturated rings. The van der Waals surface area contributed by atoms with Crippen LogP contribution in [0.2, 0.25) is 0 Å². The number of carbonyl (C=O) groups excluding carboxylic acids is 4. The van der Waals surface area contributed by atoms with Crippen LogP contribution >= 0.6 is 0 Å². The molecule has 59 heavy (non-hydrogen) atoms. The first-order valence-corrected chi connectivity index (χ1v) is 19.7. The summed E-state index contributed by atoms with van der Waals surface area (Å²) in [4.78, 5) is 65.2. The zero-order valence-electron chi connectivity index (χ0n) is 33.8. The van der Waals surface area contributed by atoms with E-state index in [4.69, 9.17) is 39.1 Å². The van der Waals surface area contributed by atoms with E-state index >= 15 is 0 Å². The highest BCUT2D eigenvalue weighted by Crippen LogP contribution is 2.28. The molecule has 0 bridgehead atoms. The SMILES string of the molecule is CCCOCCOCC(=O)N[C@@H](CCCCNC(=O)COCCOCCNC(=O)c1cc(COC(C)=O)ccc1O[C@@H]1O[C@H](C(=O)O)[C@@H](O)[C@H](O)[C@H]1O)CCCCON. The predicted octanol–water partition coefficient (Wildman–Crippen LogP) is -0.941. The molecular weight excluding hydrogens is 784 g/mol. The Balaban J connectivity index is 1.70. The van der Waals surface area contributed by atoms with Crippen LogP contribution in [0.25, 0.3) is 0 Å². The standard InChI is InChI=1S/C38H62N4O17/c1-3-14-52-17-19-55-24-31(45)42-27(9-5-7-15-57-39)8-4-6-12-40-30(44)23-54-20-18-53-16-13-41-36(49)28-21-26(22-56-25(2)43)10-11-29(28)58-38-34(48)32(46)33(47)35(59-38)37(50)51/h10-11,21,27,32-35,38,46-48H,3-9,12-20,22-24,39H2,1-2H3,(H,40,44)(H,41,49)(H,42,45)(H,50,51)/t27-,32-,33-,34+,35-,38+/m0/s1. The van der Waals surface area contributed by atoms with E-state index in [0.29, 0.717) is 45.0 Å². The van der Waals surface area contributed by atoms with E-state index in [0.717, 1.165) is 38.5 Å². The maximum atomic E-state index is 13.2. The summed E-state index contributed by atoms with van der Waals surface area (Å²) in [7, 11) is 0. The lowest BCUT2D eigenvalue weighted by Crippen LogP contribution is -2.61. The molecule has 1 heterocycles. The number of rotatable bonds is 32. The number of carboxylic acid groups (broad SMARTS) is 1. The normalized spacial score (nSPS) is 19.4. The minimum absolute atomic E-state index is 0.0243. The van der Waals surface area contributed by atoms with E-state index in [1.165, 1.54) is 25.1 Å². The number of nitrogens with one attached hydrogen (secondary N) is 3. The number of aliphatic carboxylic acids is 1. The van der Waals surface area contributed by atoms with Gasteiger partial charge in [-0.25, -0.2) is 10.7 Å². The third-order valence-electron chi connectivity index (χ3n) is 8.61. The van der Waals surface area contributed by atoms with E-state index < -0.39 is 48.6 Å². The number of amides is 3. The van der Waals surface area contributed by atoms with E-state index in [1.54, 1.807) is 0 Å². The number of hydrogen-bond donors (Lipinski definition) is 8. The molecule has 21 nitrogen and oxygen atoms in total. The highest BCUT2D eigenvalue weighted by molar-refractivity contribution is 5.97. The molecular formula is C38H62N4O17. The number of aliphatic hydroxyl groups is 3. The van der Waals surface area contributed by atoms with Gasteiger partial charge in [-0.2, -0.15) is 0 Å². The third-order valence-corrected chi connectivity index (χ3v) is 8.61. The second-order valence-electron chi connectivity index (χ2n) is 13.5. The molecule has 1 aromatic rings. The molecule has 6 atom stereocenters. The van der Waals surface area contributed by atoms with Crippen molar-refractivity contribution in [3.63, 3.8) is 0 Å². The summed E-state index contributed by atoms with van der Waals surface area (Å²) in [5, 5.41) is 48.3. The number of carboxylic acids is 1. The molecule has 0 aliphatic carbocycles. The third kappa shape index (κ3) is 21.2. The number of esters is 1. The van der Waals surface area contributed by atoms with Crippen LogP contribution in [0.3, 0.4) is 0 Å². The number of ether oxygens (including phenoxy) is 7. The van der Waals surface area contributed by atoms with Gasteiger partial charge < -0.3 is 74.4 Å². The Bertz CT molecular complexity index is 1410. The molecule has 336 valence electrons. The maximum Gasteiger partial charge on any atom is 0.335 e. The van der Waals surface area contributed by atoms with Gasteiger partial charge in [0, 0.05) is 32.7 Å². The summed E-state index contributed by atoms with van der Waals surface area (Å²) in [5.41, 5.74) is 0.304. The fraction of sp³-hybridized carbons (Fsp3) is 0.711. The van der Waals surface area contributed by atoms with Crippen LogP contribution in [0, 0.1) is 0 Å². The molecule has 1 aliphatic heterocycles. The van der Waals surface area contributed by atoms with Crippen molar-refractivity contribution in [1.82, 2.24) is 16.0 Å². The number of hydrogen-bond acceptors (Lipinski definition) is 17. The van der Waals surface area contributed by atoms with Crippen molar-refractivity contribution >= 4 is 29.7 Å². The number of nitrogens with two attached hydrogens (primary N) is 1. The molecule has 9 N–H and O–H groups in total. The van der Waals surface area contributed by atoms with Gasteiger partial charge in [0.2, 0.25) is 18.1 Å². The Morgan fingerprint density at radius 2 is 1.44 bits per heavy atom. The van der Waals surface area contributed by atoms with E-state index in [-0.39, 0.29) is 75.4 Å². The van der Waals surface area contributed by atoms with Crippen LogP contribution in [0.4, 0.5) is 0 Å². The van der Waals surface area contributed by atoms with Gasteiger partial charge in [0.15, 0.2) is 6.10 Å². The van der Waals surface area contributed by atoms with Crippen molar-refractivity contribution in [3.05, 3.63) is 29.3 Å². The molecule has 0 aromatic heterocycles. The minimum Gasteiger partial charge on any atom is -0.479 e. The topological polar surface area (TPSA) is 302 Å². The van der Waals surface area contributed by atoms with E-state index in [9.17, 15) is 44.4 Å². The Hall–Kier alpha value is -4.03. The molecule has 1 saturated heterocycles. The fourth-order valence-corrected chi connectivity index (χ4v) is 5.58. The predicted molar refractivity (Wildman–Crippen MR) is 206 cm³/mol. The van der Waals surface area contributed by atoms with Crippen LogP contribution in [0.15, 0.2) is 18.2 Å². The molecule has 3 amide bonds. The lowest BCUT2D eigenvalue weighted by molar-refractivity contribution is -0.271. The average Bonchev–Trinajstić information content (AvgIpc) is 3.20. The molecule has 0 saturated carbocycles. The molecule has 21 heteroatoms. The lowest BCUT2D eigenvalue weighted by atomic mass is 9.99. The van der Waals surface area contributed by atoms with Gasteiger partial charge in [0.1, 0.15) is 43.9 Å². The van der Waals surface area contributed by atoms with Gasteiger partial charge in [-0.05, 0) is 62.6 Å². The van der Waals surface area contributed by atoms with Gasteiger partial charge in [0.25, 0.3) is 5.91 Å². The lowest BCUT2D eigenvalue weighted by Gasteiger charge is -2.38. The van der Waals surface area contributed by atoms with Crippen molar-refractivity contribution < 1.29 is 82.4 Å². The van der Waals surface area contributed by atoms with Crippen molar-refractivity contribution in [3.8, 4) is 5.75 Å². The minimum atomic E-state index is -1.94. The van der Waals surface area contributed by atoms with E-state index in [2.05, 4.69) is 20.8 Å². The van der Waals surface area contributed by atoms with Crippen LogP contribution in [0.1, 0.15) is 74.7 Å². The Morgan fingerprint density at radius 1 is 0.780 bits per heavy atom. The Morgan fingerprint density at radius 3 is 2.10 bits per heavy atom. The molecule has 0 unspecified atom stereocenters. The first kappa shape index (κ1) is 51.1. The zero-order valence-corrected chi connectivity index (χ0v) is 33.8. The first-order valence-electron chi connectivity index (χ1n) is 19.7. The van der Waals surface area contributed by atoms with Gasteiger partial charge in [-0.1, -0.05) is 13.0 Å². The first-order chi connectivity index (χ1) is 28.4. The van der Waals surface area contributed by atoms with Crippen LogP contribution in [0.5, 0.6) is 5.75 Å². The Kier molecular flexibility index (Phi) is 26.0. The largest absolute Gasteiger partial charge is 0.479 e. The highest BCUT2D eigenvalue weighted by Gasteiger charge is 2.48. The Labute approximate surface area is 343 Å². The van der Waals surface area contributed by atoms with Crippen LogP contribution in [-0.4, -0.2) is 159 Å². The highest BCUT2D eigenvalue weighted by atomic mass is 16.7. The number of benzene rings is 1. The summed E-state index contributed by atoms with van der Waals surface area (Å²) in [6.45, 7) is 5.42. The molecule has 0 spiro atoms. The maximum absolute atomic E-state index is 13.2. The quantitative estimate of drug-likeness (QED) is 0.0247. The summed E-state index contributed by atoms with van der Waals surface area (Å²) in [6.07, 6.45) is -3.96. The summed E-state index contributed by atoms with van der Waals surface area (Å²) < 4.78 is 37.4. The van der Waals surface area contributed by atoms with Gasteiger partial charge >= 0.3 is 11.9 Å². The smallest absolute Gasteiger partial charge is 0.335 e. The van der Waals surface area contributed by atoms with Crippen LogP contribution < -0.4 is 26.6 Å². The van der Waals surface area contributed by atoms with Crippen molar-refractivity contribution in [2.45, 2.75) is 102 Å². The molecule has 0 radical (unpaired) electrons.